The number of aliphatic imine (C=N–C) groups is 1. The van der Waals surface area contributed by atoms with Crippen molar-refractivity contribution in [2.45, 2.75) is 26.3 Å². The van der Waals surface area contributed by atoms with Gasteiger partial charge in [0.25, 0.3) is 0 Å². The Kier molecular flexibility index (Phi) is 8.27. The predicted octanol–water partition coefficient (Wildman–Crippen LogP) is 2.29. The number of guanidine groups is 1. The fraction of sp³-hybridized carbons (Fsp3) is 0.458. The molecule has 166 valence electrons. The van der Waals surface area contributed by atoms with Gasteiger partial charge in [-0.2, -0.15) is 0 Å². The fourth-order valence-corrected chi connectivity index (χ4v) is 3.82. The maximum Gasteiger partial charge on any atom is 0.223 e. The van der Waals surface area contributed by atoms with E-state index in [9.17, 15) is 4.79 Å². The number of rotatable bonds is 9. The lowest BCUT2D eigenvalue weighted by Crippen LogP contribution is -2.40. The van der Waals surface area contributed by atoms with E-state index in [4.69, 9.17) is 4.99 Å². The standard InChI is InChI=1S/C24H34N6O/c1-4-25-24(28-17-21-11-8-13-26-23(21)29(2)3)27-16-20-15-22(31)30(18-20)14-12-19-9-6-5-7-10-19/h5-11,13,20H,4,12,14-18H2,1-3H3,(H2,25,27,28). The molecule has 0 radical (unpaired) electrons. The number of hydrogen-bond acceptors (Lipinski definition) is 4. The summed E-state index contributed by atoms with van der Waals surface area (Å²) in [6.07, 6.45) is 3.29. The fourth-order valence-electron chi connectivity index (χ4n) is 3.82. The summed E-state index contributed by atoms with van der Waals surface area (Å²) in [6.45, 7) is 5.69. The SMILES string of the molecule is CCNC(=NCc1cccnc1N(C)C)NCC1CC(=O)N(CCc2ccccc2)C1. The van der Waals surface area contributed by atoms with Crippen LogP contribution in [0.15, 0.2) is 53.7 Å². The minimum absolute atomic E-state index is 0.246. The molecule has 1 aromatic heterocycles. The van der Waals surface area contributed by atoms with E-state index < -0.39 is 0 Å². The molecular formula is C24H34N6O. The summed E-state index contributed by atoms with van der Waals surface area (Å²) in [5, 5.41) is 6.72. The van der Waals surface area contributed by atoms with Gasteiger partial charge in [-0.05, 0) is 25.0 Å². The Morgan fingerprint density at radius 2 is 2.00 bits per heavy atom. The van der Waals surface area contributed by atoms with Crippen LogP contribution in [-0.2, 0) is 17.8 Å². The number of carbonyl (C=O) groups excluding carboxylic acids is 1. The molecule has 1 aromatic carbocycles. The number of hydrogen-bond donors (Lipinski definition) is 2. The number of anilines is 1. The third kappa shape index (κ3) is 6.70. The van der Waals surface area contributed by atoms with E-state index in [1.807, 2.05) is 48.2 Å². The van der Waals surface area contributed by atoms with E-state index in [1.165, 1.54) is 5.56 Å². The van der Waals surface area contributed by atoms with Crippen LogP contribution < -0.4 is 15.5 Å². The van der Waals surface area contributed by atoms with Crippen molar-refractivity contribution in [3.05, 3.63) is 59.8 Å². The van der Waals surface area contributed by atoms with Crippen LogP contribution in [0.3, 0.4) is 0 Å². The van der Waals surface area contributed by atoms with Gasteiger partial charge in [-0.1, -0.05) is 36.4 Å². The average Bonchev–Trinajstić information content (AvgIpc) is 3.14. The molecule has 1 atom stereocenters. The van der Waals surface area contributed by atoms with E-state index in [0.29, 0.717) is 18.9 Å². The number of aromatic nitrogens is 1. The second kappa shape index (κ2) is 11.3. The minimum atomic E-state index is 0.246. The molecule has 31 heavy (non-hydrogen) atoms. The molecule has 2 heterocycles. The number of nitrogens with zero attached hydrogens (tertiary/aromatic N) is 4. The molecule has 7 heteroatoms. The lowest BCUT2D eigenvalue weighted by molar-refractivity contribution is -0.127. The molecule has 1 aliphatic heterocycles. The molecule has 1 amide bonds. The van der Waals surface area contributed by atoms with Crippen LogP contribution >= 0.6 is 0 Å². The number of nitrogens with one attached hydrogen (secondary N) is 2. The van der Waals surface area contributed by atoms with Gasteiger partial charge in [0.15, 0.2) is 5.96 Å². The van der Waals surface area contributed by atoms with Gasteiger partial charge in [-0.25, -0.2) is 9.98 Å². The Morgan fingerprint density at radius 3 is 2.74 bits per heavy atom. The monoisotopic (exact) mass is 422 g/mol. The highest BCUT2D eigenvalue weighted by molar-refractivity contribution is 5.81. The van der Waals surface area contributed by atoms with Crippen molar-refractivity contribution in [1.29, 1.82) is 0 Å². The number of carbonyl (C=O) groups is 1. The molecule has 1 unspecified atom stereocenters. The van der Waals surface area contributed by atoms with Gasteiger partial charge in [-0.3, -0.25) is 4.79 Å². The largest absolute Gasteiger partial charge is 0.362 e. The van der Waals surface area contributed by atoms with Crippen molar-refractivity contribution in [3.8, 4) is 0 Å². The first-order valence-electron chi connectivity index (χ1n) is 11.0. The average molecular weight is 423 g/mol. The summed E-state index contributed by atoms with van der Waals surface area (Å²) in [7, 11) is 3.97. The van der Waals surface area contributed by atoms with Crippen molar-refractivity contribution >= 4 is 17.7 Å². The van der Waals surface area contributed by atoms with Crippen molar-refractivity contribution in [2.75, 3.05) is 45.2 Å². The third-order valence-corrected chi connectivity index (χ3v) is 5.41. The molecule has 2 aromatic rings. The van der Waals surface area contributed by atoms with E-state index >= 15 is 0 Å². The van der Waals surface area contributed by atoms with Gasteiger partial charge >= 0.3 is 0 Å². The van der Waals surface area contributed by atoms with Gasteiger partial charge in [0.05, 0.1) is 6.54 Å². The molecule has 1 saturated heterocycles. The van der Waals surface area contributed by atoms with Gasteiger partial charge < -0.3 is 20.4 Å². The van der Waals surface area contributed by atoms with Gasteiger partial charge in [0, 0.05) is 64.4 Å². The van der Waals surface area contributed by atoms with Crippen molar-refractivity contribution in [3.63, 3.8) is 0 Å². The number of benzene rings is 1. The number of likely N-dealkylation sites (tertiary alicyclic amines) is 1. The highest BCUT2D eigenvalue weighted by Crippen LogP contribution is 2.18. The first-order chi connectivity index (χ1) is 15.1. The highest BCUT2D eigenvalue weighted by Gasteiger charge is 2.29. The lowest BCUT2D eigenvalue weighted by atomic mass is 10.1. The van der Waals surface area contributed by atoms with Gasteiger partial charge in [0.1, 0.15) is 5.82 Å². The quantitative estimate of drug-likeness (QED) is 0.479. The molecule has 2 N–H and O–H groups in total. The zero-order chi connectivity index (χ0) is 22.1. The van der Waals surface area contributed by atoms with Gasteiger partial charge in [0.2, 0.25) is 5.91 Å². The maximum absolute atomic E-state index is 12.4. The normalized spacial score (nSPS) is 16.5. The Balaban J connectivity index is 1.52. The van der Waals surface area contributed by atoms with E-state index in [-0.39, 0.29) is 5.91 Å². The molecule has 0 bridgehead atoms. The summed E-state index contributed by atoms with van der Waals surface area (Å²) in [5.41, 5.74) is 2.35. The minimum Gasteiger partial charge on any atom is -0.362 e. The second-order valence-corrected chi connectivity index (χ2v) is 8.10. The second-order valence-electron chi connectivity index (χ2n) is 8.10. The van der Waals surface area contributed by atoms with E-state index in [2.05, 4.69) is 40.7 Å². The van der Waals surface area contributed by atoms with E-state index in [1.54, 1.807) is 6.20 Å². The van der Waals surface area contributed by atoms with Crippen molar-refractivity contribution in [1.82, 2.24) is 20.5 Å². The Hall–Kier alpha value is -3.09. The molecule has 7 nitrogen and oxygen atoms in total. The Labute approximate surface area is 185 Å². The summed E-state index contributed by atoms with van der Waals surface area (Å²) in [6, 6.07) is 14.3. The van der Waals surface area contributed by atoms with Crippen molar-refractivity contribution < 1.29 is 4.79 Å². The first-order valence-corrected chi connectivity index (χ1v) is 11.0. The van der Waals surface area contributed by atoms with Crippen LogP contribution in [0.4, 0.5) is 5.82 Å². The molecule has 3 rings (SSSR count). The van der Waals surface area contributed by atoms with Crippen LogP contribution in [0, 0.1) is 5.92 Å². The zero-order valence-corrected chi connectivity index (χ0v) is 18.8. The van der Waals surface area contributed by atoms with Crippen LogP contribution in [0.5, 0.6) is 0 Å². The Morgan fingerprint density at radius 1 is 1.19 bits per heavy atom. The summed E-state index contributed by atoms with van der Waals surface area (Å²) < 4.78 is 0. The summed E-state index contributed by atoms with van der Waals surface area (Å²) >= 11 is 0. The summed E-state index contributed by atoms with van der Waals surface area (Å²) in [5.74, 6) is 2.24. The highest BCUT2D eigenvalue weighted by atomic mass is 16.2. The van der Waals surface area contributed by atoms with Gasteiger partial charge in [-0.15, -0.1) is 0 Å². The molecule has 0 spiro atoms. The summed E-state index contributed by atoms with van der Waals surface area (Å²) in [4.78, 5) is 25.6. The topological polar surface area (TPSA) is 72.9 Å². The molecular weight excluding hydrogens is 388 g/mol. The molecule has 0 saturated carbocycles. The van der Waals surface area contributed by atoms with Crippen LogP contribution in [0.25, 0.3) is 0 Å². The lowest BCUT2D eigenvalue weighted by Gasteiger charge is -2.18. The maximum atomic E-state index is 12.4. The van der Waals surface area contributed by atoms with Crippen LogP contribution in [0.1, 0.15) is 24.5 Å². The molecule has 1 fully saturated rings. The van der Waals surface area contributed by atoms with Crippen LogP contribution in [0.2, 0.25) is 0 Å². The smallest absolute Gasteiger partial charge is 0.223 e. The number of pyridine rings is 1. The number of amides is 1. The van der Waals surface area contributed by atoms with E-state index in [0.717, 1.165) is 49.9 Å². The zero-order valence-electron chi connectivity index (χ0n) is 18.8. The van der Waals surface area contributed by atoms with Crippen molar-refractivity contribution in [2.24, 2.45) is 10.9 Å². The third-order valence-electron chi connectivity index (χ3n) is 5.41. The predicted molar refractivity (Wildman–Crippen MR) is 126 cm³/mol. The first kappa shape index (κ1) is 22.6. The Bertz CT molecular complexity index is 867. The van der Waals surface area contributed by atoms with Crippen LogP contribution in [-0.4, -0.2) is 62.0 Å². The molecule has 1 aliphatic rings. The molecule has 0 aliphatic carbocycles.